The fourth-order valence-electron chi connectivity index (χ4n) is 2.62. The summed E-state index contributed by atoms with van der Waals surface area (Å²) in [6, 6.07) is 9.01. The molecule has 0 aromatic heterocycles. The Morgan fingerprint density at radius 3 is 2.56 bits per heavy atom. The van der Waals surface area contributed by atoms with Crippen LogP contribution in [0.1, 0.15) is 28.8 Å². The van der Waals surface area contributed by atoms with Crippen LogP contribution in [0, 0.1) is 11.6 Å². The molecule has 1 aliphatic rings. The first-order valence-corrected chi connectivity index (χ1v) is 7.85. The Bertz CT molecular complexity index is 822. The van der Waals surface area contributed by atoms with Gasteiger partial charge in [-0.3, -0.25) is 4.79 Å². The van der Waals surface area contributed by atoms with Crippen LogP contribution in [0.2, 0.25) is 0 Å². The number of carbonyl (C=O) groups is 2. The maximum absolute atomic E-state index is 13.9. The Morgan fingerprint density at radius 2 is 1.92 bits per heavy atom. The lowest BCUT2D eigenvalue weighted by Crippen LogP contribution is -2.33. The van der Waals surface area contributed by atoms with Gasteiger partial charge < -0.3 is 16.0 Å². The third-order valence-corrected chi connectivity index (χ3v) is 3.98. The zero-order valence-electron chi connectivity index (χ0n) is 13.3. The molecule has 1 fully saturated rings. The number of anilines is 1. The van der Waals surface area contributed by atoms with E-state index in [9.17, 15) is 18.4 Å². The van der Waals surface area contributed by atoms with Crippen LogP contribution in [0.3, 0.4) is 0 Å². The number of urea groups is 1. The largest absolute Gasteiger partial charge is 0.351 e. The van der Waals surface area contributed by atoms with Crippen LogP contribution in [0.5, 0.6) is 0 Å². The van der Waals surface area contributed by atoms with E-state index < -0.39 is 17.7 Å². The van der Waals surface area contributed by atoms with Crippen LogP contribution in [0.25, 0.3) is 0 Å². The van der Waals surface area contributed by atoms with E-state index in [0.29, 0.717) is 11.3 Å². The number of rotatable bonds is 5. The molecule has 0 atom stereocenters. The van der Waals surface area contributed by atoms with E-state index in [0.717, 1.165) is 18.9 Å². The molecule has 1 saturated carbocycles. The number of primary amides is 1. The van der Waals surface area contributed by atoms with Gasteiger partial charge in [-0.25, -0.2) is 13.6 Å². The fraction of sp³-hybridized carbons (Fsp3) is 0.222. The lowest BCUT2D eigenvalue weighted by atomic mass is 10.1. The molecule has 3 rings (SSSR count). The summed E-state index contributed by atoms with van der Waals surface area (Å²) in [4.78, 5) is 25.4. The smallest absolute Gasteiger partial charge is 0.316 e. The highest BCUT2D eigenvalue weighted by atomic mass is 19.1. The van der Waals surface area contributed by atoms with Crippen molar-refractivity contribution in [3.8, 4) is 0 Å². The molecular weight excluding hydrogens is 328 g/mol. The van der Waals surface area contributed by atoms with Crippen molar-refractivity contribution in [2.45, 2.75) is 25.4 Å². The Balaban J connectivity index is 1.83. The molecule has 0 spiro atoms. The van der Waals surface area contributed by atoms with Crippen LogP contribution in [-0.2, 0) is 6.54 Å². The number of nitrogens with two attached hydrogens (primary N) is 1. The molecule has 2 aromatic carbocycles. The molecule has 7 heteroatoms. The minimum absolute atomic E-state index is 0.0321. The standard InChI is InChI=1S/C18H17F2N3O2/c19-13-5-4-12(16(20)9-13)10-23(15-6-7-15)17(24)11-2-1-3-14(8-11)22-18(21)25/h1-5,8-9,15H,6-7,10H2,(H3,21,22,25). The number of halogens is 2. The number of nitrogens with one attached hydrogen (secondary N) is 1. The molecule has 1 aliphatic carbocycles. The molecular formula is C18H17F2N3O2. The van der Waals surface area contributed by atoms with E-state index in [1.807, 2.05) is 0 Å². The van der Waals surface area contributed by atoms with Crippen molar-refractivity contribution >= 4 is 17.6 Å². The minimum atomic E-state index is -0.725. The van der Waals surface area contributed by atoms with Gasteiger partial charge in [0.25, 0.3) is 5.91 Å². The van der Waals surface area contributed by atoms with Crippen LogP contribution in [0.4, 0.5) is 19.3 Å². The predicted molar refractivity (Wildman–Crippen MR) is 88.9 cm³/mol. The number of hydrogen-bond donors (Lipinski definition) is 2. The second kappa shape index (κ2) is 6.88. The third kappa shape index (κ3) is 4.12. The zero-order chi connectivity index (χ0) is 18.0. The van der Waals surface area contributed by atoms with Crippen molar-refractivity contribution in [3.63, 3.8) is 0 Å². The van der Waals surface area contributed by atoms with Crippen molar-refractivity contribution in [1.82, 2.24) is 4.90 Å². The van der Waals surface area contributed by atoms with Gasteiger partial charge in [0.15, 0.2) is 0 Å². The van der Waals surface area contributed by atoms with E-state index in [1.54, 1.807) is 23.1 Å². The minimum Gasteiger partial charge on any atom is -0.351 e. The van der Waals surface area contributed by atoms with Gasteiger partial charge in [-0.2, -0.15) is 0 Å². The Hall–Kier alpha value is -2.96. The van der Waals surface area contributed by atoms with Crippen molar-refractivity contribution < 1.29 is 18.4 Å². The SMILES string of the molecule is NC(=O)Nc1cccc(C(=O)N(Cc2ccc(F)cc2F)C2CC2)c1. The first-order valence-electron chi connectivity index (χ1n) is 7.85. The third-order valence-electron chi connectivity index (χ3n) is 3.98. The Morgan fingerprint density at radius 1 is 1.16 bits per heavy atom. The van der Waals surface area contributed by atoms with Crippen molar-refractivity contribution in [2.24, 2.45) is 5.73 Å². The maximum atomic E-state index is 13.9. The normalized spacial score (nSPS) is 13.4. The van der Waals surface area contributed by atoms with Gasteiger partial charge in [-0.05, 0) is 37.1 Å². The van der Waals surface area contributed by atoms with Gasteiger partial charge >= 0.3 is 6.03 Å². The second-order valence-corrected chi connectivity index (χ2v) is 5.97. The number of amides is 3. The summed E-state index contributed by atoms with van der Waals surface area (Å²) in [5.41, 5.74) is 6.11. The van der Waals surface area contributed by atoms with Crippen LogP contribution in [0.15, 0.2) is 42.5 Å². The first kappa shape index (κ1) is 16.9. The molecule has 0 heterocycles. The maximum Gasteiger partial charge on any atom is 0.316 e. The molecule has 5 nitrogen and oxygen atoms in total. The summed E-state index contributed by atoms with van der Waals surface area (Å²) in [7, 11) is 0. The molecule has 0 radical (unpaired) electrons. The lowest BCUT2D eigenvalue weighted by molar-refractivity contribution is 0.0728. The van der Waals surface area contributed by atoms with Crippen LogP contribution < -0.4 is 11.1 Å². The summed E-state index contributed by atoms with van der Waals surface area (Å²) < 4.78 is 27.0. The summed E-state index contributed by atoms with van der Waals surface area (Å²) in [5, 5.41) is 2.42. The van der Waals surface area contributed by atoms with Gasteiger partial charge in [-0.1, -0.05) is 12.1 Å². The molecule has 0 unspecified atom stereocenters. The molecule has 130 valence electrons. The highest BCUT2D eigenvalue weighted by Crippen LogP contribution is 2.30. The average molecular weight is 345 g/mol. The average Bonchev–Trinajstić information content (AvgIpc) is 3.38. The topological polar surface area (TPSA) is 75.4 Å². The van der Waals surface area contributed by atoms with Crippen molar-refractivity contribution in [1.29, 1.82) is 0 Å². The van der Waals surface area contributed by atoms with Gasteiger partial charge in [-0.15, -0.1) is 0 Å². The Labute approximate surface area is 143 Å². The highest BCUT2D eigenvalue weighted by molar-refractivity contribution is 5.97. The van der Waals surface area contributed by atoms with Gasteiger partial charge in [0.2, 0.25) is 0 Å². The number of hydrogen-bond acceptors (Lipinski definition) is 2. The molecule has 0 aliphatic heterocycles. The van der Waals surface area contributed by atoms with E-state index in [4.69, 9.17) is 5.73 Å². The monoisotopic (exact) mass is 345 g/mol. The molecule has 0 saturated heterocycles. The summed E-state index contributed by atoms with van der Waals surface area (Å²) in [6.07, 6.45) is 1.68. The van der Waals surface area contributed by atoms with E-state index in [1.165, 1.54) is 18.2 Å². The lowest BCUT2D eigenvalue weighted by Gasteiger charge is -2.23. The molecule has 0 bridgehead atoms. The number of carbonyl (C=O) groups excluding carboxylic acids is 2. The van der Waals surface area contributed by atoms with E-state index in [2.05, 4.69) is 5.32 Å². The van der Waals surface area contributed by atoms with Crippen molar-refractivity contribution in [2.75, 3.05) is 5.32 Å². The summed E-state index contributed by atoms with van der Waals surface area (Å²) in [6.45, 7) is 0.0586. The van der Waals surface area contributed by atoms with Crippen LogP contribution >= 0.6 is 0 Å². The second-order valence-electron chi connectivity index (χ2n) is 5.97. The fourth-order valence-corrected chi connectivity index (χ4v) is 2.62. The molecule has 25 heavy (non-hydrogen) atoms. The summed E-state index contributed by atoms with van der Waals surface area (Å²) >= 11 is 0. The number of benzene rings is 2. The van der Waals surface area contributed by atoms with E-state index >= 15 is 0 Å². The molecule has 3 N–H and O–H groups in total. The van der Waals surface area contributed by atoms with Crippen LogP contribution in [-0.4, -0.2) is 22.9 Å². The van der Waals surface area contributed by atoms with Gasteiger partial charge in [0.05, 0.1) is 0 Å². The number of nitrogens with zero attached hydrogens (tertiary/aromatic N) is 1. The Kier molecular flexibility index (Phi) is 4.65. The summed E-state index contributed by atoms with van der Waals surface area (Å²) in [5.74, 6) is -1.61. The molecule has 2 aromatic rings. The van der Waals surface area contributed by atoms with Gasteiger partial charge in [0, 0.05) is 35.5 Å². The molecule has 3 amide bonds. The zero-order valence-corrected chi connectivity index (χ0v) is 13.3. The predicted octanol–water partition coefficient (Wildman–Crippen LogP) is 3.26. The first-order chi connectivity index (χ1) is 11.9. The van der Waals surface area contributed by atoms with Crippen molar-refractivity contribution in [3.05, 3.63) is 65.2 Å². The van der Waals surface area contributed by atoms with Gasteiger partial charge in [0.1, 0.15) is 11.6 Å². The highest BCUT2D eigenvalue weighted by Gasteiger charge is 2.33. The van der Waals surface area contributed by atoms with E-state index in [-0.39, 0.29) is 24.1 Å². The quantitative estimate of drug-likeness (QED) is 0.873.